The molecule has 0 saturated heterocycles. The number of aromatic amines is 1. The van der Waals surface area contributed by atoms with Crippen LogP contribution in [0.15, 0.2) is 92.3 Å². The SMILES string of the molecule is CCS(=O)(=O)CCC(c1ccc(-n2cc(-c3ccnc4nc[nH]c34)cn2)nc1)C(F)(F)F.CNS(=O)(=O)CCC(c1ccc(-n2cc(-c3ccnc(N)c3N)cn2)nc1)C(F)(F)F. The lowest BCUT2D eigenvalue weighted by Crippen LogP contribution is -2.28. The molecule has 0 fully saturated rings. The molecular formula is C38H39F6N13O4S2. The number of rotatable bonds is 14. The van der Waals surface area contributed by atoms with E-state index in [2.05, 4.69) is 40.1 Å². The van der Waals surface area contributed by atoms with Crippen molar-refractivity contribution < 1.29 is 43.2 Å². The Labute approximate surface area is 356 Å². The molecule has 0 aliphatic rings. The van der Waals surface area contributed by atoms with Crippen LogP contribution in [0.25, 0.3) is 45.1 Å². The third-order valence-corrected chi connectivity index (χ3v) is 13.0. The van der Waals surface area contributed by atoms with Crippen LogP contribution in [0.1, 0.15) is 42.7 Å². The van der Waals surface area contributed by atoms with Crippen LogP contribution in [0.4, 0.5) is 37.8 Å². The molecule has 0 aliphatic carbocycles. The first-order chi connectivity index (χ1) is 29.7. The molecule has 0 radical (unpaired) electrons. The van der Waals surface area contributed by atoms with Crippen LogP contribution in [0.2, 0.25) is 0 Å². The zero-order valence-electron chi connectivity index (χ0n) is 33.2. The maximum absolute atomic E-state index is 13.5. The number of sulfonamides is 1. The molecule has 2 atom stereocenters. The monoisotopic (exact) mass is 919 g/mol. The average molecular weight is 920 g/mol. The minimum absolute atomic E-state index is 0.0896. The summed E-state index contributed by atoms with van der Waals surface area (Å²) in [4.78, 5) is 23.4. The average Bonchev–Trinajstić information content (AvgIpc) is 4.04. The maximum atomic E-state index is 13.5. The fourth-order valence-electron chi connectivity index (χ4n) is 6.34. The van der Waals surface area contributed by atoms with Gasteiger partial charge in [0.1, 0.15) is 15.7 Å². The van der Waals surface area contributed by atoms with Gasteiger partial charge in [-0.3, -0.25) is 0 Å². The standard InChI is InChI=1S/C20H19F3N6O2S.C18H20F3N7O2S/c1-2-32(30,31)8-6-16(20(21,22)23)13-3-4-17(25-9-13)29-11-14(10-28-29)15-5-7-24-19-18(15)26-12-27-19;1-24-31(29,30)7-5-14(18(19,20)21)11-2-3-15(26-8-11)28-10-12(9-27-28)13-4-6-25-17(23)16(13)22/h3-5,7,9-12,16H,2,6,8H2,1H3,(H,24,26,27);2-4,6,8-10,14,24H,5,7,22H2,1H3,(H2,23,25). The number of imidazole rings is 1. The van der Waals surface area contributed by atoms with E-state index < -0.39 is 68.4 Å². The third-order valence-electron chi connectivity index (χ3n) is 9.88. The van der Waals surface area contributed by atoms with Crippen molar-refractivity contribution in [1.29, 1.82) is 0 Å². The Morgan fingerprint density at radius 1 is 0.698 bits per heavy atom. The van der Waals surface area contributed by atoms with Gasteiger partial charge in [-0.2, -0.15) is 36.5 Å². The topological polar surface area (TPSA) is 248 Å². The van der Waals surface area contributed by atoms with Crippen LogP contribution >= 0.6 is 0 Å². The number of H-pyrrole nitrogens is 1. The summed E-state index contributed by atoms with van der Waals surface area (Å²) in [6.07, 6.45) is 2.91. The van der Waals surface area contributed by atoms with E-state index >= 15 is 0 Å². The number of halogens is 6. The van der Waals surface area contributed by atoms with Gasteiger partial charge in [0, 0.05) is 65.2 Å². The first-order valence-corrected chi connectivity index (χ1v) is 22.2. The van der Waals surface area contributed by atoms with Gasteiger partial charge in [-0.25, -0.2) is 55.8 Å². The van der Waals surface area contributed by atoms with Crippen molar-refractivity contribution >= 4 is 42.5 Å². The minimum Gasteiger partial charge on any atom is -0.395 e. The summed E-state index contributed by atoms with van der Waals surface area (Å²) in [5, 5.41) is 8.42. The molecule has 0 bridgehead atoms. The lowest BCUT2D eigenvalue weighted by Gasteiger charge is -2.20. The number of aromatic nitrogens is 10. The first kappa shape index (κ1) is 46.0. The summed E-state index contributed by atoms with van der Waals surface area (Å²) in [7, 11) is -6.13. The molecule has 0 spiro atoms. The fraction of sp³-hybridized carbons (Fsp3) is 0.289. The fourth-order valence-corrected chi connectivity index (χ4v) is 7.97. The normalized spacial score (nSPS) is 13.4. The van der Waals surface area contributed by atoms with E-state index in [1.165, 1.54) is 59.3 Å². The lowest BCUT2D eigenvalue weighted by atomic mass is 9.97. The Morgan fingerprint density at radius 3 is 1.73 bits per heavy atom. The van der Waals surface area contributed by atoms with Gasteiger partial charge in [0.25, 0.3) is 0 Å². The second-order valence-electron chi connectivity index (χ2n) is 13.9. The van der Waals surface area contributed by atoms with Gasteiger partial charge in [-0.15, -0.1) is 0 Å². The van der Waals surface area contributed by atoms with E-state index in [1.807, 2.05) is 4.72 Å². The van der Waals surface area contributed by atoms with E-state index in [4.69, 9.17) is 11.5 Å². The van der Waals surface area contributed by atoms with Gasteiger partial charge in [-0.05, 0) is 55.3 Å². The third kappa shape index (κ3) is 11.1. The van der Waals surface area contributed by atoms with Gasteiger partial charge in [0.2, 0.25) is 10.0 Å². The Hall–Kier alpha value is -6.47. The number of nitrogen functional groups attached to an aromatic ring is 2. The smallest absolute Gasteiger partial charge is 0.395 e. The Balaban J connectivity index is 0.000000210. The van der Waals surface area contributed by atoms with Gasteiger partial charge < -0.3 is 16.5 Å². The van der Waals surface area contributed by atoms with Gasteiger partial charge in [-0.1, -0.05) is 19.1 Å². The number of alkyl halides is 6. The zero-order valence-corrected chi connectivity index (χ0v) is 34.9. The summed E-state index contributed by atoms with van der Waals surface area (Å²) in [6.45, 7) is 1.41. The molecule has 0 amide bonds. The molecular weight excluding hydrogens is 881 g/mol. The summed E-state index contributed by atoms with van der Waals surface area (Å²) in [6, 6.07) is 8.83. The number of anilines is 2. The van der Waals surface area contributed by atoms with E-state index in [0.29, 0.717) is 22.6 Å². The van der Waals surface area contributed by atoms with Crippen molar-refractivity contribution in [3.8, 4) is 33.9 Å². The number of sulfone groups is 1. The molecule has 25 heteroatoms. The van der Waals surface area contributed by atoms with Crippen molar-refractivity contribution in [3.05, 3.63) is 103 Å². The summed E-state index contributed by atoms with van der Waals surface area (Å²) >= 11 is 0. The molecule has 334 valence electrons. The number of fused-ring (bicyclic) bond motifs is 1. The Bertz CT molecular complexity index is 2880. The quantitative estimate of drug-likeness (QED) is 0.0950. The van der Waals surface area contributed by atoms with E-state index in [0.717, 1.165) is 36.1 Å². The Morgan fingerprint density at radius 2 is 1.22 bits per heavy atom. The summed E-state index contributed by atoms with van der Waals surface area (Å²) in [5.41, 5.74) is 15.8. The predicted octanol–water partition coefficient (Wildman–Crippen LogP) is 5.76. The lowest BCUT2D eigenvalue weighted by molar-refractivity contribution is -0.151. The second kappa shape index (κ2) is 18.5. The molecule has 7 aromatic heterocycles. The van der Waals surface area contributed by atoms with Crippen LogP contribution in [0, 0.1) is 0 Å². The molecule has 7 aromatic rings. The van der Waals surface area contributed by atoms with Crippen molar-refractivity contribution in [3.63, 3.8) is 0 Å². The zero-order chi connectivity index (χ0) is 45.7. The van der Waals surface area contributed by atoms with Crippen molar-refractivity contribution in [2.75, 3.05) is 35.8 Å². The number of hydrogen-bond acceptors (Lipinski definition) is 13. The minimum atomic E-state index is -4.62. The van der Waals surface area contributed by atoms with Crippen LogP contribution < -0.4 is 16.2 Å². The molecule has 0 saturated carbocycles. The van der Waals surface area contributed by atoms with Crippen LogP contribution in [-0.2, 0) is 19.9 Å². The van der Waals surface area contributed by atoms with E-state index in [1.54, 1.807) is 36.9 Å². The number of nitrogens with zero attached hydrogens (tertiary/aromatic N) is 9. The van der Waals surface area contributed by atoms with E-state index in [-0.39, 0.29) is 34.2 Å². The highest BCUT2D eigenvalue weighted by Crippen LogP contribution is 2.39. The predicted molar refractivity (Wildman–Crippen MR) is 222 cm³/mol. The molecule has 7 rings (SSSR count). The molecule has 6 N–H and O–H groups in total. The molecule has 0 aromatic carbocycles. The number of nitrogens with one attached hydrogen (secondary N) is 2. The summed E-state index contributed by atoms with van der Waals surface area (Å²) < 4.78 is 132. The van der Waals surface area contributed by atoms with Crippen LogP contribution in [-0.4, -0.2) is 103 Å². The molecule has 7 heterocycles. The van der Waals surface area contributed by atoms with Gasteiger partial charge >= 0.3 is 12.4 Å². The molecule has 63 heavy (non-hydrogen) atoms. The highest BCUT2D eigenvalue weighted by molar-refractivity contribution is 7.91. The van der Waals surface area contributed by atoms with Crippen LogP contribution in [0.3, 0.4) is 0 Å². The number of hydrogen-bond donors (Lipinski definition) is 4. The maximum Gasteiger partial charge on any atom is 0.395 e. The van der Waals surface area contributed by atoms with E-state index in [9.17, 15) is 43.2 Å². The molecule has 0 aliphatic heterocycles. The van der Waals surface area contributed by atoms with Crippen molar-refractivity contribution in [2.24, 2.45) is 0 Å². The number of pyridine rings is 4. The molecule has 2 unspecified atom stereocenters. The van der Waals surface area contributed by atoms with Gasteiger partial charge in [0.05, 0.1) is 53.3 Å². The molecule has 17 nitrogen and oxygen atoms in total. The van der Waals surface area contributed by atoms with Crippen LogP contribution in [0.5, 0.6) is 0 Å². The highest BCUT2D eigenvalue weighted by atomic mass is 32.2. The van der Waals surface area contributed by atoms with Gasteiger partial charge in [0.15, 0.2) is 17.3 Å². The Kier molecular flexibility index (Phi) is 13.5. The first-order valence-electron chi connectivity index (χ1n) is 18.8. The van der Waals surface area contributed by atoms with Crippen molar-refractivity contribution in [2.45, 2.75) is 44.0 Å². The number of nitrogens with two attached hydrogens (primary N) is 2. The second-order valence-corrected chi connectivity index (χ2v) is 18.4. The summed E-state index contributed by atoms with van der Waals surface area (Å²) in [5.74, 6) is -4.49. The highest BCUT2D eigenvalue weighted by Gasteiger charge is 2.42. The van der Waals surface area contributed by atoms with Crippen molar-refractivity contribution in [1.82, 2.24) is 54.2 Å². The largest absolute Gasteiger partial charge is 0.395 e.